The molecule has 0 aliphatic heterocycles. The Morgan fingerprint density at radius 2 is 1.68 bits per heavy atom. The Balaban J connectivity index is 0.00000239. The van der Waals surface area contributed by atoms with E-state index in [-0.39, 0.29) is 57.1 Å². The number of fused-ring (bicyclic) bond motifs is 2. The van der Waals surface area contributed by atoms with E-state index in [9.17, 15) is 30.2 Å². The van der Waals surface area contributed by atoms with E-state index in [2.05, 4.69) is 27.7 Å². The number of nitro benzene ring substituents is 1. The van der Waals surface area contributed by atoms with E-state index in [1.54, 1.807) is 13.8 Å². The minimum absolute atomic E-state index is 0.00371. The highest BCUT2D eigenvalue weighted by Gasteiger charge is 2.85. The van der Waals surface area contributed by atoms with Crippen LogP contribution in [0.3, 0.4) is 0 Å². The van der Waals surface area contributed by atoms with Crippen molar-refractivity contribution in [2.24, 2.45) is 51.2 Å². The van der Waals surface area contributed by atoms with Crippen molar-refractivity contribution in [1.82, 2.24) is 0 Å². The second kappa shape index (κ2) is 13.9. The highest BCUT2D eigenvalue weighted by Crippen LogP contribution is 2.89. The van der Waals surface area contributed by atoms with E-state index in [0.717, 1.165) is 51.4 Å². The first-order chi connectivity index (χ1) is 23.5. The molecule has 0 amide bonds. The molecule has 10 heteroatoms. The number of carbonyl (C=O) groups is 1. The maximum atomic E-state index is 12.9. The van der Waals surface area contributed by atoms with E-state index >= 15 is 0 Å². The summed E-state index contributed by atoms with van der Waals surface area (Å²) < 4.78 is 17.3. The summed E-state index contributed by atoms with van der Waals surface area (Å²) in [6.07, 6.45) is 5.20. The van der Waals surface area contributed by atoms with Crippen LogP contribution < -0.4 is 4.74 Å². The van der Waals surface area contributed by atoms with E-state index in [1.807, 2.05) is 20.8 Å². The van der Waals surface area contributed by atoms with Gasteiger partial charge in [0, 0.05) is 24.2 Å². The molecular weight excluding hydrogens is 638 g/mol. The van der Waals surface area contributed by atoms with Gasteiger partial charge in [-0.05, 0) is 130 Å². The van der Waals surface area contributed by atoms with Gasteiger partial charge in [0.25, 0.3) is 5.69 Å². The van der Waals surface area contributed by atoms with Crippen molar-refractivity contribution >= 4 is 11.8 Å². The molecule has 4 unspecified atom stereocenters. The van der Waals surface area contributed by atoms with Gasteiger partial charge < -0.3 is 29.5 Å². The van der Waals surface area contributed by atoms with Gasteiger partial charge in [-0.25, -0.2) is 4.79 Å². The molecule has 5 fully saturated rings. The lowest BCUT2D eigenvalue weighted by atomic mass is 9.46. The monoisotopic (exact) mass is 701 g/mol. The first-order valence-corrected chi connectivity index (χ1v) is 19.3. The van der Waals surface area contributed by atoms with E-state index in [4.69, 9.17) is 14.2 Å². The molecule has 5 aliphatic carbocycles. The molecule has 5 saturated carbocycles. The number of carbonyl (C=O) groups excluding carboxylic acids is 1. The number of rotatable bonds is 10. The third-order valence-electron chi connectivity index (χ3n) is 14.8. The molecule has 0 heterocycles. The summed E-state index contributed by atoms with van der Waals surface area (Å²) in [4.78, 5) is 23.4. The van der Waals surface area contributed by atoms with Crippen LogP contribution in [0.5, 0.6) is 5.75 Å². The molecule has 1 aromatic rings. The van der Waals surface area contributed by atoms with Gasteiger partial charge in [0.2, 0.25) is 0 Å². The summed E-state index contributed by atoms with van der Waals surface area (Å²) in [6.45, 7) is 19.2. The van der Waals surface area contributed by atoms with Gasteiger partial charge >= 0.3 is 6.16 Å². The Bertz CT molecular complexity index is 1380. The van der Waals surface area contributed by atoms with Crippen LogP contribution in [0.1, 0.15) is 120 Å². The molecule has 50 heavy (non-hydrogen) atoms. The highest BCUT2D eigenvalue weighted by molar-refractivity contribution is 5.64. The van der Waals surface area contributed by atoms with Crippen LogP contribution in [0.2, 0.25) is 0 Å². The third-order valence-corrected chi connectivity index (χ3v) is 14.8. The van der Waals surface area contributed by atoms with Crippen molar-refractivity contribution in [3.05, 3.63) is 34.4 Å². The van der Waals surface area contributed by atoms with Crippen molar-refractivity contribution in [3.63, 3.8) is 0 Å². The molecule has 0 aromatic heterocycles. The zero-order valence-corrected chi connectivity index (χ0v) is 31.8. The van der Waals surface area contributed by atoms with Crippen molar-refractivity contribution < 1.29 is 39.2 Å². The van der Waals surface area contributed by atoms with Crippen LogP contribution >= 0.6 is 0 Å². The summed E-state index contributed by atoms with van der Waals surface area (Å²) in [5.74, 6) is 1.43. The van der Waals surface area contributed by atoms with Gasteiger partial charge in [-0.1, -0.05) is 48.0 Å². The fourth-order valence-electron chi connectivity index (χ4n) is 12.7. The lowest BCUT2D eigenvalue weighted by molar-refractivity contribution is -0.384. The lowest BCUT2D eigenvalue weighted by Crippen LogP contribution is -2.56. The zero-order valence-electron chi connectivity index (χ0n) is 31.8. The number of hydrogen-bond donors (Lipinski definition) is 3. The normalized spacial score (nSPS) is 40.1. The fraction of sp³-hybridized carbons (Fsp3) is 0.825. The van der Waals surface area contributed by atoms with Crippen LogP contribution in [0, 0.1) is 61.4 Å². The highest BCUT2D eigenvalue weighted by atomic mass is 16.7. The van der Waals surface area contributed by atoms with Gasteiger partial charge in [-0.15, -0.1) is 0 Å². The van der Waals surface area contributed by atoms with Crippen LogP contribution in [0.25, 0.3) is 0 Å². The lowest BCUT2D eigenvalue weighted by Gasteiger charge is -2.59. The van der Waals surface area contributed by atoms with Crippen LogP contribution in [-0.4, -0.2) is 63.0 Å². The summed E-state index contributed by atoms with van der Waals surface area (Å²) in [6, 6.07) is 5.41. The average molecular weight is 702 g/mol. The number of benzene rings is 1. The Morgan fingerprint density at radius 1 is 1.02 bits per heavy atom. The summed E-state index contributed by atoms with van der Waals surface area (Å²) >= 11 is 0. The number of nitro groups is 1. The zero-order chi connectivity index (χ0) is 37.0. The Labute approximate surface area is 298 Å². The predicted molar refractivity (Wildman–Crippen MR) is 190 cm³/mol. The van der Waals surface area contributed by atoms with Crippen molar-refractivity contribution in [2.75, 3.05) is 6.61 Å². The fourth-order valence-corrected chi connectivity index (χ4v) is 12.7. The summed E-state index contributed by atoms with van der Waals surface area (Å²) in [7, 11) is 0. The Morgan fingerprint density at radius 3 is 2.28 bits per heavy atom. The van der Waals surface area contributed by atoms with Crippen molar-refractivity contribution in [1.29, 1.82) is 0 Å². The second-order valence-electron chi connectivity index (χ2n) is 17.3. The molecule has 1 aromatic carbocycles. The van der Waals surface area contributed by atoms with Crippen LogP contribution in [-0.2, 0) is 9.47 Å². The van der Waals surface area contributed by atoms with Crippen LogP contribution in [0.4, 0.5) is 10.5 Å². The van der Waals surface area contributed by atoms with Gasteiger partial charge in [-0.2, -0.15) is 0 Å². The predicted octanol–water partition coefficient (Wildman–Crippen LogP) is 8.09. The van der Waals surface area contributed by atoms with Gasteiger partial charge in [0.1, 0.15) is 11.9 Å². The minimum atomic E-state index is -0.937. The van der Waals surface area contributed by atoms with Crippen molar-refractivity contribution in [2.45, 2.75) is 150 Å². The maximum Gasteiger partial charge on any atom is 0.514 e. The SMILES string of the molecule is CC.CCO[C@@H](CCCC1[C@H](O)[C@H](O)C2[C@@H]3CCC4C(C)(C)[C@@H](OC(=O)Oc5ccc([N+](=O)[O-])cc5)CC[C@@]45C(C)[C@@]35CC[C@]12C)C(C)(C)O. The standard InChI is InChI=1S/C38H57NO9.C2H6/c1-8-46-29(35(5,6)43)11-9-10-26-31(40)32(41)30-25-16-17-27-34(3,4)28(48-33(42)47-24-14-12-23(13-15-24)39(44)45)18-19-38(27)22(2)37(25,38)21-20-36(26,30)7;1-2/h12-15,22,25-32,40-41,43H,8-11,16-21H2,1-7H3;1-2H3/t22?,25-,26?,27?,28-,29-,30?,31-,32+,36+,37-,38+;/m0./s1. The van der Waals surface area contributed by atoms with Gasteiger partial charge in [0.15, 0.2) is 0 Å². The summed E-state index contributed by atoms with van der Waals surface area (Å²) in [5.41, 5.74) is -1.23. The second-order valence-corrected chi connectivity index (χ2v) is 17.3. The van der Waals surface area contributed by atoms with Gasteiger partial charge in [-0.3, -0.25) is 10.1 Å². The summed E-state index contributed by atoms with van der Waals surface area (Å²) in [5, 5.41) is 45.0. The largest absolute Gasteiger partial charge is 0.514 e. The number of non-ortho nitro benzene ring substituents is 1. The number of ether oxygens (including phenoxy) is 3. The Kier molecular flexibility index (Phi) is 10.9. The van der Waals surface area contributed by atoms with Gasteiger partial charge in [0.05, 0.1) is 28.8 Å². The molecule has 2 spiro atoms. The molecule has 0 radical (unpaired) electrons. The van der Waals surface area contributed by atoms with E-state index in [0.29, 0.717) is 30.8 Å². The third kappa shape index (κ3) is 5.98. The quantitative estimate of drug-likeness (QED) is 0.0953. The maximum absolute atomic E-state index is 12.9. The molecule has 3 N–H and O–H groups in total. The van der Waals surface area contributed by atoms with E-state index in [1.165, 1.54) is 24.3 Å². The Hall–Kier alpha value is -2.27. The number of aliphatic hydroxyl groups is 3. The first kappa shape index (κ1) is 38.9. The molecule has 0 bridgehead atoms. The minimum Gasteiger partial charge on any atom is -0.430 e. The number of nitrogens with zero attached hydrogens (tertiary/aromatic N) is 1. The van der Waals surface area contributed by atoms with Crippen LogP contribution in [0.15, 0.2) is 24.3 Å². The molecule has 282 valence electrons. The van der Waals surface area contributed by atoms with E-state index < -0.39 is 28.9 Å². The molecule has 5 aliphatic rings. The molecule has 6 rings (SSSR count). The molecule has 0 saturated heterocycles. The number of aliphatic hydroxyl groups excluding tert-OH is 2. The molecular formula is C40H63NO9. The first-order valence-electron chi connectivity index (χ1n) is 19.3. The topological polar surface area (TPSA) is 149 Å². The van der Waals surface area contributed by atoms with Crippen molar-refractivity contribution in [3.8, 4) is 5.75 Å². The molecule has 12 atom stereocenters. The number of hydrogen-bond acceptors (Lipinski definition) is 9. The smallest absolute Gasteiger partial charge is 0.430 e. The average Bonchev–Trinajstić information content (AvgIpc) is 3.52. The molecule has 10 nitrogen and oxygen atoms in total.